The van der Waals surface area contributed by atoms with Gasteiger partial charge in [-0.1, -0.05) is 12.1 Å². The van der Waals surface area contributed by atoms with E-state index in [4.69, 9.17) is 5.26 Å². The Morgan fingerprint density at radius 3 is 2.40 bits per heavy atom. The Morgan fingerprint density at radius 1 is 1.33 bits per heavy atom. The lowest BCUT2D eigenvalue weighted by atomic mass is 10.0. The van der Waals surface area contributed by atoms with E-state index in [1.54, 1.807) is 12.1 Å². The molecule has 1 aromatic carbocycles. The van der Waals surface area contributed by atoms with Gasteiger partial charge in [0.15, 0.2) is 0 Å². The van der Waals surface area contributed by atoms with Crippen LogP contribution in [0, 0.1) is 17.2 Å². The van der Waals surface area contributed by atoms with Crippen LogP contribution in [-0.4, -0.2) is 6.61 Å². The molecule has 0 radical (unpaired) electrons. The van der Waals surface area contributed by atoms with Gasteiger partial charge in [0.2, 0.25) is 0 Å². The summed E-state index contributed by atoms with van der Waals surface area (Å²) in [6, 6.07) is 8.44. The Hall–Kier alpha value is -1.63. The van der Waals surface area contributed by atoms with Crippen molar-refractivity contribution in [3.63, 3.8) is 0 Å². The molecule has 0 unspecified atom stereocenters. The molecule has 0 N–H and O–H groups in total. The van der Waals surface area contributed by atoms with Gasteiger partial charge in [0.1, 0.15) is 5.75 Å². The Morgan fingerprint density at radius 2 is 1.93 bits per heavy atom. The van der Waals surface area contributed by atoms with Crippen LogP contribution >= 0.6 is 0 Å². The average molecular weight is 211 g/mol. The number of halogens is 2. The third-order valence-corrected chi connectivity index (χ3v) is 1.91. The molecule has 0 spiro atoms. The maximum Gasteiger partial charge on any atom is 0.387 e. The number of nitriles is 1. The third-order valence-electron chi connectivity index (χ3n) is 1.91. The number of ether oxygens (including phenoxy) is 1. The highest BCUT2D eigenvalue weighted by atomic mass is 19.3. The third kappa shape index (κ3) is 3.94. The minimum atomic E-state index is -2.80. The van der Waals surface area contributed by atoms with E-state index in [2.05, 4.69) is 10.8 Å². The molecule has 0 amide bonds. The standard InChI is InChI=1S/C11H11F2NO/c1-8(7-14)6-9-2-4-10(5-3-9)15-11(12)13/h2-5,8,11H,6H2,1H3/t8-/m0/s1. The summed E-state index contributed by atoms with van der Waals surface area (Å²) < 4.78 is 27.8. The topological polar surface area (TPSA) is 33.0 Å². The molecular weight excluding hydrogens is 200 g/mol. The number of hydrogen-bond donors (Lipinski definition) is 0. The summed E-state index contributed by atoms with van der Waals surface area (Å²) in [5, 5.41) is 8.60. The first kappa shape index (κ1) is 11.4. The summed E-state index contributed by atoms with van der Waals surface area (Å²) in [6.45, 7) is -0.988. The van der Waals surface area contributed by atoms with E-state index in [1.165, 1.54) is 12.1 Å². The molecule has 2 nitrogen and oxygen atoms in total. The van der Waals surface area contributed by atoms with Gasteiger partial charge in [-0.3, -0.25) is 0 Å². The fourth-order valence-corrected chi connectivity index (χ4v) is 1.21. The molecule has 4 heteroatoms. The monoisotopic (exact) mass is 211 g/mol. The zero-order chi connectivity index (χ0) is 11.3. The first-order chi connectivity index (χ1) is 7.11. The lowest BCUT2D eigenvalue weighted by Gasteiger charge is -2.06. The number of alkyl halides is 2. The van der Waals surface area contributed by atoms with Crippen molar-refractivity contribution in [3.8, 4) is 11.8 Å². The van der Waals surface area contributed by atoms with Crippen LogP contribution in [0.25, 0.3) is 0 Å². The molecule has 0 aliphatic heterocycles. The molecule has 0 aromatic heterocycles. The fraction of sp³-hybridized carbons (Fsp3) is 0.364. The van der Waals surface area contributed by atoms with Gasteiger partial charge in [-0.25, -0.2) is 0 Å². The predicted octanol–water partition coefficient (Wildman–Crippen LogP) is 2.99. The van der Waals surface area contributed by atoms with E-state index in [0.717, 1.165) is 5.56 Å². The van der Waals surface area contributed by atoms with Crippen LogP contribution in [0.1, 0.15) is 12.5 Å². The largest absolute Gasteiger partial charge is 0.435 e. The zero-order valence-electron chi connectivity index (χ0n) is 8.28. The molecular formula is C11H11F2NO. The number of benzene rings is 1. The lowest BCUT2D eigenvalue weighted by Crippen LogP contribution is -2.02. The molecule has 80 valence electrons. The van der Waals surface area contributed by atoms with Crippen molar-refractivity contribution < 1.29 is 13.5 Å². The van der Waals surface area contributed by atoms with Crippen molar-refractivity contribution >= 4 is 0 Å². The van der Waals surface area contributed by atoms with E-state index in [0.29, 0.717) is 6.42 Å². The Kier molecular flexibility index (Phi) is 4.04. The van der Waals surface area contributed by atoms with Crippen LogP contribution in [0.5, 0.6) is 5.75 Å². The zero-order valence-corrected chi connectivity index (χ0v) is 8.28. The van der Waals surface area contributed by atoms with Gasteiger partial charge in [-0.15, -0.1) is 0 Å². The number of rotatable bonds is 4. The van der Waals surface area contributed by atoms with E-state index in [-0.39, 0.29) is 11.7 Å². The van der Waals surface area contributed by atoms with Crippen LogP contribution in [0.4, 0.5) is 8.78 Å². The maximum atomic E-state index is 11.8. The minimum Gasteiger partial charge on any atom is -0.435 e. The van der Waals surface area contributed by atoms with Gasteiger partial charge >= 0.3 is 6.61 Å². The average Bonchev–Trinajstić information content (AvgIpc) is 2.20. The predicted molar refractivity (Wildman–Crippen MR) is 51.6 cm³/mol. The summed E-state index contributed by atoms with van der Waals surface area (Å²) in [5.41, 5.74) is 0.936. The van der Waals surface area contributed by atoms with Gasteiger partial charge in [0, 0.05) is 5.92 Å². The van der Waals surface area contributed by atoms with Gasteiger partial charge in [-0.05, 0) is 31.0 Å². The first-order valence-electron chi connectivity index (χ1n) is 4.55. The van der Waals surface area contributed by atoms with Crippen molar-refractivity contribution in [3.05, 3.63) is 29.8 Å². The van der Waals surface area contributed by atoms with Crippen LogP contribution in [0.3, 0.4) is 0 Å². The van der Waals surface area contributed by atoms with Crippen LogP contribution in [0.15, 0.2) is 24.3 Å². The van der Waals surface area contributed by atoms with Crippen LogP contribution in [-0.2, 0) is 6.42 Å². The van der Waals surface area contributed by atoms with Gasteiger partial charge in [0.05, 0.1) is 6.07 Å². The van der Waals surface area contributed by atoms with E-state index < -0.39 is 6.61 Å². The Labute approximate surface area is 87.1 Å². The second-order valence-electron chi connectivity index (χ2n) is 3.26. The quantitative estimate of drug-likeness (QED) is 0.767. The molecule has 1 aromatic rings. The molecule has 0 fully saturated rings. The van der Waals surface area contributed by atoms with E-state index in [9.17, 15) is 8.78 Å². The maximum absolute atomic E-state index is 11.8. The molecule has 0 aliphatic rings. The van der Waals surface area contributed by atoms with Gasteiger partial charge in [0.25, 0.3) is 0 Å². The number of nitrogens with zero attached hydrogens (tertiary/aromatic N) is 1. The minimum absolute atomic E-state index is 0.0770. The summed E-state index contributed by atoms with van der Waals surface area (Å²) in [6.07, 6.45) is 0.617. The highest BCUT2D eigenvalue weighted by Crippen LogP contribution is 2.16. The smallest absolute Gasteiger partial charge is 0.387 e. The highest BCUT2D eigenvalue weighted by Gasteiger charge is 2.05. The number of hydrogen-bond acceptors (Lipinski definition) is 2. The van der Waals surface area contributed by atoms with E-state index >= 15 is 0 Å². The van der Waals surface area contributed by atoms with E-state index in [1.807, 2.05) is 6.92 Å². The highest BCUT2D eigenvalue weighted by molar-refractivity contribution is 5.27. The van der Waals surface area contributed by atoms with Crippen molar-refractivity contribution in [1.29, 1.82) is 5.26 Å². The van der Waals surface area contributed by atoms with Crippen LogP contribution in [0.2, 0.25) is 0 Å². The second-order valence-corrected chi connectivity index (χ2v) is 3.26. The summed E-state index contributed by atoms with van der Waals surface area (Å²) in [5.74, 6) is 0.0604. The SMILES string of the molecule is C[C@H](C#N)Cc1ccc(OC(F)F)cc1. The molecule has 0 saturated carbocycles. The van der Waals surface area contributed by atoms with Crippen molar-refractivity contribution in [2.75, 3.05) is 0 Å². The van der Waals surface area contributed by atoms with Crippen molar-refractivity contribution in [2.45, 2.75) is 20.0 Å². The Balaban J connectivity index is 2.61. The molecule has 1 atom stereocenters. The van der Waals surface area contributed by atoms with Crippen molar-refractivity contribution in [2.24, 2.45) is 5.92 Å². The fourth-order valence-electron chi connectivity index (χ4n) is 1.21. The first-order valence-corrected chi connectivity index (χ1v) is 4.55. The lowest BCUT2D eigenvalue weighted by molar-refractivity contribution is -0.0498. The summed E-state index contributed by atoms with van der Waals surface area (Å²) in [4.78, 5) is 0. The molecule has 15 heavy (non-hydrogen) atoms. The second kappa shape index (κ2) is 5.30. The molecule has 0 heterocycles. The summed E-state index contributed by atoms with van der Waals surface area (Å²) >= 11 is 0. The van der Waals surface area contributed by atoms with Crippen LogP contribution < -0.4 is 4.74 Å². The molecule has 0 saturated heterocycles. The normalized spacial score (nSPS) is 12.2. The van der Waals surface area contributed by atoms with Gasteiger partial charge < -0.3 is 4.74 Å². The van der Waals surface area contributed by atoms with Gasteiger partial charge in [-0.2, -0.15) is 14.0 Å². The summed E-state index contributed by atoms with van der Waals surface area (Å²) in [7, 11) is 0. The molecule has 1 rings (SSSR count). The Bertz CT molecular complexity index is 343. The van der Waals surface area contributed by atoms with Crippen molar-refractivity contribution in [1.82, 2.24) is 0 Å². The molecule has 0 bridgehead atoms. The molecule has 0 aliphatic carbocycles.